The predicted octanol–water partition coefficient (Wildman–Crippen LogP) is 14.7. The Morgan fingerprint density at radius 2 is 1.21 bits per heavy atom. The van der Waals surface area contributed by atoms with Crippen LogP contribution in [0.1, 0.15) is 102 Å². The molecule has 0 amide bonds. The van der Waals surface area contributed by atoms with Gasteiger partial charge in [-0.05, 0) is 0 Å². The molecule has 0 saturated heterocycles. The van der Waals surface area contributed by atoms with Crippen LogP contribution in [0.15, 0.2) is 96.1 Å². The summed E-state index contributed by atoms with van der Waals surface area (Å²) in [5.74, 6) is -0.347. The van der Waals surface area contributed by atoms with Gasteiger partial charge in [-0.1, -0.05) is 0 Å². The Morgan fingerprint density at radius 3 is 1.70 bits per heavy atom. The van der Waals surface area contributed by atoms with Gasteiger partial charge in [0.1, 0.15) is 0 Å². The van der Waals surface area contributed by atoms with Crippen molar-refractivity contribution in [3.63, 3.8) is 0 Å². The zero-order valence-corrected chi connectivity index (χ0v) is 40.0. The molecule has 0 aliphatic heterocycles. The molecule has 0 bridgehead atoms. The van der Waals surface area contributed by atoms with E-state index in [2.05, 4.69) is 164 Å². The average Bonchev–Trinajstić information content (AvgIpc) is 3.72. The van der Waals surface area contributed by atoms with Crippen LogP contribution in [0.4, 0.5) is 0 Å². The van der Waals surface area contributed by atoms with Crippen molar-refractivity contribution in [1.82, 2.24) is 0 Å². The topological polar surface area (TPSA) is 0 Å². The van der Waals surface area contributed by atoms with Gasteiger partial charge in [-0.15, -0.1) is 0 Å². The Morgan fingerprint density at radius 1 is 0.698 bits per heavy atom. The van der Waals surface area contributed by atoms with E-state index in [1.807, 2.05) is 0 Å². The second-order valence-electron chi connectivity index (χ2n) is 19.2. The summed E-state index contributed by atoms with van der Waals surface area (Å²) in [5.41, 5.74) is 15.3. The van der Waals surface area contributed by atoms with Crippen molar-refractivity contribution in [2.24, 2.45) is 11.8 Å². The molecule has 0 nitrogen and oxygen atoms in total. The Kier molecular flexibility index (Phi) is 10.7. The number of benzene rings is 4. The molecule has 3 aliphatic rings. The number of rotatable bonds is 8. The van der Waals surface area contributed by atoms with Crippen molar-refractivity contribution >= 4 is 48.4 Å². The molecule has 5 heteroatoms. The third-order valence-electron chi connectivity index (χ3n) is 13.5. The number of hydrogen-bond acceptors (Lipinski definition) is 0. The van der Waals surface area contributed by atoms with Gasteiger partial charge in [0.25, 0.3) is 0 Å². The van der Waals surface area contributed by atoms with E-state index in [4.69, 9.17) is 17.0 Å². The summed E-state index contributed by atoms with van der Waals surface area (Å²) in [6.07, 6.45) is 11.1. The molecule has 0 aromatic heterocycles. The van der Waals surface area contributed by atoms with Crippen molar-refractivity contribution in [1.29, 1.82) is 0 Å². The summed E-state index contributed by atoms with van der Waals surface area (Å²) in [6.45, 7) is 23.9. The van der Waals surface area contributed by atoms with Gasteiger partial charge in [-0.25, -0.2) is 0 Å². The average molecular weight is 856 g/mol. The van der Waals surface area contributed by atoms with E-state index in [0.29, 0.717) is 5.92 Å². The minimum absolute atomic E-state index is 0.115. The van der Waals surface area contributed by atoms with E-state index in [1.54, 1.807) is 5.57 Å². The van der Waals surface area contributed by atoms with Crippen LogP contribution in [0.2, 0.25) is 32.7 Å². The second kappa shape index (κ2) is 14.3. The van der Waals surface area contributed by atoms with Crippen LogP contribution >= 0.6 is 17.0 Å². The van der Waals surface area contributed by atoms with Gasteiger partial charge in [0.15, 0.2) is 0 Å². The molecule has 4 aromatic rings. The minimum atomic E-state index is -4.92. The van der Waals surface area contributed by atoms with Crippen molar-refractivity contribution in [2.45, 2.75) is 112 Å². The fourth-order valence-electron chi connectivity index (χ4n) is 10.0. The maximum absolute atomic E-state index is 8.91. The molecule has 0 heterocycles. The zero-order valence-electron chi connectivity index (χ0n) is 33.9. The van der Waals surface area contributed by atoms with E-state index in [0.717, 1.165) is 12.3 Å². The number of hydrogen-bond donors (Lipinski definition) is 0. The Bertz CT molecular complexity index is 2070. The Hall–Kier alpha value is -1.74. The van der Waals surface area contributed by atoms with Crippen molar-refractivity contribution in [3.8, 4) is 22.3 Å². The molecule has 1 fully saturated rings. The molecule has 279 valence electrons. The molecule has 53 heavy (non-hydrogen) atoms. The van der Waals surface area contributed by atoms with Crippen LogP contribution in [-0.4, -0.2) is 14.0 Å². The summed E-state index contributed by atoms with van der Waals surface area (Å²) in [7, 11) is 16.4. The van der Waals surface area contributed by atoms with E-state index < -0.39 is 29.6 Å². The molecule has 2 unspecified atom stereocenters. The number of allylic oxidation sites excluding steroid dienone is 2. The van der Waals surface area contributed by atoms with Crippen LogP contribution in [0.25, 0.3) is 34.4 Å². The van der Waals surface area contributed by atoms with E-state index in [-0.39, 0.29) is 12.7 Å². The molecule has 4 aromatic carbocycles. The molecule has 0 spiro atoms. The first-order valence-electron chi connectivity index (χ1n) is 20.4. The Labute approximate surface area is 331 Å². The van der Waals surface area contributed by atoms with Crippen LogP contribution < -0.4 is 5.19 Å². The standard InChI is InChI=1S/C26H31.C20H23Si.C2H7Si.2ClH.Zr/c1-18-8-10-19(11-9-18)22-16-21-6-5-7-24(25(21)17-22)20-12-14-23(15-13-20)26(2,3)4;1-5-15-13-17-7-6-8-19(20(17)14-15)16-9-11-18(12-10-16)21(2,3)4;1-3-2;;;/h5-7,12-19H,8-11H2,1-4H3;6-14H,5H2,1-4H3;3H,1-2H3;2*1H;/q;;;;;+2/p-2. The van der Waals surface area contributed by atoms with E-state index in [9.17, 15) is 0 Å². The molecule has 3 aliphatic carbocycles. The van der Waals surface area contributed by atoms with Gasteiger partial charge >= 0.3 is 334 Å². The normalized spacial score (nSPS) is 22.5. The summed E-state index contributed by atoms with van der Waals surface area (Å²) in [6, 6.07) is 32.8. The SMILES string of the molecule is CCC1=Cc2c(-c3ccc([Si](C)(C)C)cc3)cccc2[CH]1[Zr]([Cl])([Cl])([CH]1C(C2CCC(C)CC2)=Cc2c(-c3ccc(C(C)(C)C)cc3)cccc21)[SiH](C)C. The van der Waals surface area contributed by atoms with Crippen molar-refractivity contribution in [2.75, 3.05) is 0 Å². The first-order chi connectivity index (χ1) is 24.9. The molecule has 7 rings (SSSR count). The monoisotopic (exact) mass is 853 g/mol. The maximum atomic E-state index is 8.91. The van der Waals surface area contributed by atoms with Gasteiger partial charge < -0.3 is 0 Å². The van der Waals surface area contributed by atoms with Crippen molar-refractivity contribution < 1.29 is 15.6 Å². The predicted molar refractivity (Wildman–Crippen MR) is 239 cm³/mol. The first-order valence-corrected chi connectivity index (χ1v) is 40.2. The number of halogens is 2. The third kappa shape index (κ3) is 6.90. The molecule has 0 N–H and O–H groups in total. The van der Waals surface area contributed by atoms with E-state index >= 15 is 0 Å². The first kappa shape index (κ1) is 39.5. The van der Waals surface area contributed by atoms with Gasteiger partial charge in [0.05, 0.1) is 0 Å². The molecular formula is C48H61Cl2Si2Zr. The third-order valence-corrected chi connectivity index (χ3v) is 67.3. The second-order valence-corrected chi connectivity index (χ2v) is 66.8. The fraction of sp³-hybridized carbons (Fsp3) is 0.417. The zero-order chi connectivity index (χ0) is 38.1. The van der Waals surface area contributed by atoms with Crippen LogP contribution in [0.3, 0.4) is 0 Å². The summed E-state index contributed by atoms with van der Waals surface area (Å²) >= 11 is -4.92. The molecule has 2 atom stereocenters. The van der Waals surface area contributed by atoms with Gasteiger partial charge in [-0.2, -0.15) is 0 Å². The van der Waals surface area contributed by atoms with Gasteiger partial charge in [-0.3, -0.25) is 0 Å². The summed E-state index contributed by atoms with van der Waals surface area (Å²) in [4.78, 5) is 0. The van der Waals surface area contributed by atoms with Crippen LogP contribution in [-0.2, 0) is 21.0 Å². The molecular weight excluding hydrogens is 795 g/mol. The molecule has 0 radical (unpaired) electrons. The summed E-state index contributed by atoms with van der Waals surface area (Å²) < 4.78 is 0.239. The Balaban J connectivity index is 1.42. The summed E-state index contributed by atoms with van der Waals surface area (Å²) in [5, 5.41) is 1.50. The van der Waals surface area contributed by atoms with Crippen molar-refractivity contribution in [3.05, 3.63) is 124 Å². The van der Waals surface area contributed by atoms with Gasteiger partial charge in [0, 0.05) is 0 Å². The van der Waals surface area contributed by atoms with Gasteiger partial charge in [0.2, 0.25) is 0 Å². The quantitative estimate of drug-likeness (QED) is 0.155. The molecule has 1 saturated carbocycles. The fourth-order valence-corrected chi connectivity index (χ4v) is 42.6. The van der Waals surface area contributed by atoms with Crippen LogP contribution in [0.5, 0.6) is 0 Å². The van der Waals surface area contributed by atoms with E-state index in [1.165, 1.54) is 86.5 Å². The van der Waals surface area contributed by atoms with Crippen LogP contribution in [0, 0.1) is 11.8 Å². The number of fused-ring (bicyclic) bond motifs is 2.